The quantitative estimate of drug-likeness (QED) is 0.397. The summed E-state index contributed by atoms with van der Waals surface area (Å²) in [5.41, 5.74) is 9.37. The molecule has 5 N–H and O–H groups in total. The summed E-state index contributed by atoms with van der Waals surface area (Å²) in [6.07, 6.45) is 1.18. The third-order valence-corrected chi connectivity index (χ3v) is 3.16. The van der Waals surface area contributed by atoms with Gasteiger partial charge in [-0.1, -0.05) is 18.2 Å². The molecule has 112 valence electrons. The molecule has 0 aliphatic rings. The summed E-state index contributed by atoms with van der Waals surface area (Å²) in [6, 6.07) is 12.8. The Morgan fingerprint density at radius 1 is 0.762 bits per heavy atom. The predicted octanol–water partition coefficient (Wildman–Crippen LogP) is 1.90. The average molecular weight is 288 g/mol. The minimum absolute atomic E-state index is 0.0734. The zero-order valence-electron chi connectivity index (χ0n) is 11.7. The van der Waals surface area contributed by atoms with Gasteiger partial charge in [0.05, 0.1) is 11.4 Å². The van der Waals surface area contributed by atoms with Crippen molar-refractivity contribution < 1.29 is 15.3 Å². The van der Waals surface area contributed by atoms with E-state index >= 15 is 0 Å². The van der Waals surface area contributed by atoms with Crippen LogP contribution in [0.5, 0.6) is 5.75 Å². The molecule has 2 aromatic rings. The molecule has 0 radical (unpaired) electrons. The molecule has 0 unspecified atom stereocenters. The molecule has 5 heteroatoms. The third kappa shape index (κ3) is 4.37. The molecule has 0 heterocycles. The summed E-state index contributed by atoms with van der Waals surface area (Å²) in [5, 5.41) is 27.6. The molecule has 2 aromatic carbocycles. The Labute approximate surface area is 123 Å². The number of aliphatic hydroxyl groups excluding tert-OH is 2. The first-order valence-electron chi connectivity index (χ1n) is 6.87. The minimum atomic E-state index is 0.0734. The van der Waals surface area contributed by atoms with Crippen LogP contribution in [0.3, 0.4) is 0 Å². The van der Waals surface area contributed by atoms with Gasteiger partial charge >= 0.3 is 0 Å². The highest BCUT2D eigenvalue weighted by molar-refractivity contribution is 5.61. The first kappa shape index (κ1) is 15.2. The summed E-state index contributed by atoms with van der Waals surface area (Å²) in [6.45, 7) is 0.209. The van der Waals surface area contributed by atoms with Gasteiger partial charge in [-0.15, -0.1) is 0 Å². The number of benzene rings is 2. The predicted molar refractivity (Wildman–Crippen MR) is 83.4 cm³/mol. The van der Waals surface area contributed by atoms with Crippen LogP contribution in [0.15, 0.2) is 42.5 Å². The first-order valence-corrected chi connectivity index (χ1v) is 6.87. The highest BCUT2D eigenvalue weighted by Gasteiger charge is 2.02. The Kier molecular flexibility index (Phi) is 5.43. The average Bonchev–Trinajstić information content (AvgIpc) is 2.50. The Balaban J connectivity index is 2.00. The molecule has 0 amide bonds. The van der Waals surface area contributed by atoms with Crippen LogP contribution in [-0.2, 0) is 12.8 Å². The molecular formula is C16H20N2O3. The molecule has 0 aliphatic heterocycles. The SMILES string of the molecule is OCCc1ccc(NNc2cc(CCO)ccc2O)cc1. The second kappa shape index (κ2) is 7.52. The van der Waals surface area contributed by atoms with Crippen molar-refractivity contribution in [1.29, 1.82) is 0 Å². The van der Waals surface area contributed by atoms with E-state index in [4.69, 9.17) is 10.2 Å². The molecule has 0 fully saturated rings. The lowest BCUT2D eigenvalue weighted by molar-refractivity contribution is 0.299. The smallest absolute Gasteiger partial charge is 0.140 e. The molecule has 21 heavy (non-hydrogen) atoms. The molecule has 0 spiro atoms. The largest absolute Gasteiger partial charge is 0.506 e. The monoisotopic (exact) mass is 288 g/mol. The van der Waals surface area contributed by atoms with E-state index in [1.54, 1.807) is 18.2 Å². The zero-order chi connectivity index (χ0) is 15.1. The second-order valence-corrected chi connectivity index (χ2v) is 4.75. The van der Waals surface area contributed by atoms with Crippen molar-refractivity contribution >= 4 is 11.4 Å². The highest BCUT2D eigenvalue weighted by Crippen LogP contribution is 2.24. The van der Waals surface area contributed by atoms with E-state index in [0.29, 0.717) is 18.5 Å². The van der Waals surface area contributed by atoms with Gasteiger partial charge in [0.2, 0.25) is 0 Å². The van der Waals surface area contributed by atoms with Crippen molar-refractivity contribution in [2.75, 3.05) is 24.1 Å². The molecule has 0 saturated heterocycles. The van der Waals surface area contributed by atoms with Crippen LogP contribution < -0.4 is 10.9 Å². The van der Waals surface area contributed by atoms with Crippen molar-refractivity contribution in [2.45, 2.75) is 12.8 Å². The zero-order valence-corrected chi connectivity index (χ0v) is 11.7. The standard InChI is InChI=1S/C16H20N2O3/c19-9-7-12-1-4-14(5-2-12)17-18-15-11-13(8-10-20)3-6-16(15)21/h1-6,11,17-21H,7-10H2. The lowest BCUT2D eigenvalue weighted by atomic mass is 10.1. The van der Waals surface area contributed by atoms with Crippen LogP contribution in [0, 0.1) is 0 Å². The summed E-state index contributed by atoms with van der Waals surface area (Å²) < 4.78 is 0. The lowest BCUT2D eigenvalue weighted by Crippen LogP contribution is -2.09. The maximum Gasteiger partial charge on any atom is 0.140 e. The van der Waals surface area contributed by atoms with E-state index in [-0.39, 0.29) is 19.0 Å². The lowest BCUT2D eigenvalue weighted by Gasteiger charge is -2.13. The van der Waals surface area contributed by atoms with Crippen molar-refractivity contribution in [3.8, 4) is 5.75 Å². The van der Waals surface area contributed by atoms with E-state index in [1.165, 1.54) is 0 Å². The number of phenols is 1. The van der Waals surface area contributed by atoms with E-state index < -0.39 is 0 Å². The molecule has 2 rings (SSSR count). The fraction of sp³-hybridized carbons (Fsp3) is 0.250. The number of aliphatic hydroxyl groups is 2. The number of hydrazine groups is 1. The number of rotatable bonds is 7. The summed E-state index contributed by atoms with van der Waals surface area (Å²) >= 11 is 0. The number of nitrogens with one attached hydrogen (secondary N) is 2. The number of phenolic OH excluding ortho intramolecular Hbond substituents is 1. The minimum Gasteiger partial charge on any atom is -0.506 e. The van der Waals surface area contributed by atoms with Gasteiger partial charge in [0.25, 0.3) is 0 Å². The molecule has 0 atom stereocenters. The van der Waals surface area contributed by atoms with E-state index in [1.807, 2.05) is 24.3 Å². The number of aromatic hydroxyl groups is 1. The van der Waals surface area contributed by atoms with Crippen LogP contribution in [0.1, 0.15) is 11.1 Å². The van der Waals surface area contributed by atoms with E-state index in [0.717, 1.165) is 16.8 Å². The molecule has 0 bridgehead atoms. The molecule has 5 nitrogen and oxygen atoms in total. The third-order valence-electron chi connectivity index (χ3n) is 3.16. The van der Waals surface area contributed by atoms with Crippen molar-refractivity contribution in [1.82, 2.24) is 0 Å². The Morgan fingerprint density at radius 3 is 2.05 bits per heavy atom. The van der Waals surface area contributed by atoms with Crippen LogP contribution in [-0.4, -0.2) is 28.5 Å². The maximum absolute atomic E-state index is 9.80. The maximum atomic E-state index is 9.80. The molecular weight excluding hydrogens is 268 g/mol. The number of hydrogen-bond acceptors (Lipinski definition) is 5. The second-order valence-electron chi connectivity index (χ2n) is 4.75. The number of anilines is 2. The van der Waals surface area contributed by atoms with Crippen LogP contribution in [0.2, 0.25) is 0 Å². The van der Waals surface area contributed by atoms with Gasteiger partial charge in [0.15, 0.2) is 0 Å². The fourth-order valence-electron chi connectivity index (χ4n) is 1.99. The summed E-state index contributed by atoms with van der Waals surface area (Å²) in [5.74, 6) is 0.140. The molecule has 0 aliphatic carbocycles. The van der Waals surface area contributed by atoms with Gasteiger partial charge in [-0.2, -0.15) is 0 Å². The Hall–Kier alpha value is -2.24. The topological polar surface area (TPSA) is 84.8 Å². The summed E-state index contributed by atoms with van der Waals surface area (Å²) in [7, 11) is 0. The molecule has 0 aromatic heterocycles. The van der Waals surface area contributed by atoms with E-state index in [9.17, 15) is 5.11 Å². The van der Waals surface area contributed by atoms with Crippen LogP contribution in [0.4, 0.5) is 11.4 Å². The van der Waals surface area contributed by atoms with Gasteiger partial charge in [-0.05, 0) is 48.2 Å². The Bertz CT molecular complexity index is 570. The van der Waals surface area contributed by atoms with Gasteiger partial charge in [-0.3, -0.25) is 5.43 Å². The first-order chi connectivity index (χ1) is 10.2. The van der Waals surface area contributed by atoms with E-state index in [2.05, 4.69) is 10.9 Å². The fourth-order valence-corrected chi connectivity index (χ4v) is 1.99. The normalized spacial score (nSPS) is 10.4. The van der Waals surface area contributed by atoms with Crippen molar-refractivity contribution in [2.24, 2.45) is 0 Å². The molecule has 0 saturated carbocycles. The van der Waals surface area contributed by atoms with Crippen molar-refractivity contribution in [3.63, 3.8) is 0 Å². The Morgan fingerprint density at radius 2 is 1.38 bits per heavy atom. The van der Waals surface area contributed by atoms with Gasteiger partial charge in [-0.25, -0.2) is 0 Å². The van der Waals surface area contributed by atoms with Crippen molar-refractivity contribution in [3.05, 3.63) is 53.6 Å². The van der Waals surface area contributed by atoms with Crippen LogP contribution in [0.25, 0.3) is 0 Å². The van der Waals surface area contributed by atoms with Crippen LogP contribution >= 0.6 is 0 Å². The van der Waals surface area contributed by atoms with Gasteiger partial charge in [0, 0.05) is 13.2 Å². The van der Waals surface area contributed by atoms with Gasteiger partial charge < -0.3 is 20.7 Å². The summed E-state index contributed by atoms with van der Waals surface area (Å²) in [4.78, 5) is 0. The number of hydrogen-bond donors (Lipinski definition) is 5. The highest BCUT2D eigenvalue weighted by atomic mass is 16.3. The van der Waals surface area contributed by atoms with Gasteiger partial charge in [0.1, 0.15) is 5.75 Å².